The van der Waals surface area contributed by atoms with Crippen molar-refractivity contribution < 1.29 is 17.7 Å². The van der Waals surface area contributed by atoms with Gasteiger partial charge in [0.05, 0.1) is 4.90 Å². The molecule has 2 heterocycles. The highest BCUT2D eigenvalue weighted by Crippen LogP contribution is 2.25. The highest BCUT2D eigenvalue weighted by Gasteiger charge is 2.28. The molecule has 2 aromatic carbocycles. The molecular weight excluding hydrogens is 438 g/mol. The Morgan fingerprint density at radius 1 is 1.16 bits per heavy atom. The molecular formula is C22H22ClN3O4S. The number of aromatic nitrogens is 1. The Balaban J connectivity index is 1.44. The number of hydrogen-bond acceptors (Lipinski definition) is 5. The molecule has 0 spiro atoms. The fraction of sp³-hybridized carbons (Fsp3) is 0.273. The Morgan fingerprint density at radius 3 is 2.55 bits per heavy atom. The molecule has 0 radical (unpaired) electrons. The third-order valence-corrected chi connectivity index (χ3v) is 7.37. The zero-order valence-corrected chi connectivity index (χ0v) is 18.5. The van der Waals surface area contributed by atoms with Crippen LogP contribution in [0.3, 0.4) is 0 Å². The first kappa shape index (κ1) is 21.5. The van der Waals surface area contributed by atoms with Crippen molar-refractivity contribution in [2.24, 2.45) is 5.92 Å². The van der Waals surface area contributed by atoms with Gasteiger partial charge < -0.3 is 9.84 Å². The number of carbonyl (C=O) groups excluding carboxylic acids is 1. The largest absolute Gasteiger partial charge is 0.355 e. The number of benzene rings is 2. The minimum absolute atomic E-state index is 0.115. The second-order valence-electron chi connectivity index (χ2n) is 7.67. The summed E-state index contributed by atoms with van der Waals surface area (Å²) in [6.07, 6.45) is 1.91. The van der Waals surface area contributed by atoms with Gasteiger partial charge in [-0.15, -0.1) is 0 Å². The number of hydrogen-bond donors (Lipinski definition) is 1. The van der Waals surface area contributed by atoms with E-state index in [1.165, 1.54) is 22.5 Å². The molecule has 3 aromatic rings. The van der Waals surface area contributed by atoms with Gasteiger partial charge in [-0.25, -0.2) is 8.42 Å². The average molecular weight is 460 g/mol. The number of nitrogens with zero attached hydrogens (tertiary/aromatic N) is 2. The lowest BCUT2D eigenvalue weighted by molar-refractivity contribution is 0.101. The van der Waals surface area contributed by atoms with Crippen LogP contribution in [-0.2, 0) is 10.0 Å². The molecule has 31 heavy (non-hydrogen) atoms. The topological polar surface area (TPSA) is 92.5 Å². The second kappa shape index (κ2) is 8.82. The fourth-order valence-electron chi connectivity index (χ4n) is 3.55. The maximum atomic E-state index is 12.9. The standard InChI is InChI=1S/C22H22ClN3O4S/c1-15-3-2-12-26(14-15)31(28,29)19-10-8-18(9-11-19)24-22(27)20-13-21(30-25-20)16-4-6-17(23)7-5-16/h4-11,13,15H,2-3,12,14H2,1H3,(H,24,27)/t15-/m0/s1. The summed E-state index contributed by atoms with van der Waals surface area (Å²) >= 11 is 5.88. The second-order valence-corrected chi connectivity index (χ2v) is 10.0. The minimum atomic E-state index is -3.54. The molecule has 1 fully saturated rings. The molecule has 0 aliphatic carbocycles. The molecule has 1 aliphatic heterocycles. The van der Waals surface area contributed by atoms with Gasteiger partial charge in [-0.2, -0.15) is 4.31 Å². The molecule has 1 aromatic heterocycles. The molecule has 1 amide bonds. The van der Waals surface area contributed by atoms with Gasteiger partial charge in [0.15, 0.2) is 11.5 Å². The third-order valence-electron chi connectivity index (χ3n) is 5.24. The molecule has 0 bridgehead atoms. The van der Waals surface area contributed by atoms with Crippen LogP contribution in [0, 0.1) is 5.92 Å². The molecule has 9 heteroatoms. The van der Waals surface area contributed by atoms with Crippen LogP contribution in [0.2, 0.25) is 5.02 Å². The van der Waals surface area contributed by atoms with Gasteiger partial charge in [0.25, 0.3) is 5.91 Å². The van der Waals surface area contributed by atoms with E-state index in [9.17, 15) is 13.2 Å². The van der Waals surface area contributed by atoms with Gasteiger partial charge in [0.2, 0.25) is 10.0 Å². The monoisotopic (exact) mass is 459 g/mol. The van der Waals surface area contributed by atoms with Crippen molar-refractivity contribution in [2.75, 3.05) is 18.4 Å². The van der Waals surface area contributed by atoms with E-state index < -0.39 is 15.9 Å². The van der Waals surface area contributed by atoms with E-state index in [0.29, 0.717) is 35.5 Å². The van der Waals surface area contributed by atoms with Crippen LogP contribution in [0.5, 0.6) is 0 Å². The lowest BCUT2D eigenvalue weighted by Gasteiger charge is -2.30. The van der Waals surface area contributed by atoms with Crippen LogP contribution in [0.1, 0.15) is 30.3 Å². The highest BCUT2D eigenvalue weighted by molar-refractivity contribution is 7.89. The summed E-state index contributed by atoms with van der Waals surface area (Å²) in [5, 5.41) is 7.12. The normalized spacial score (nSPS) is 17.4. The van der Waals surface area contributed by atoms with Gasteiger partial charge in [0, 0.05) is 35.4 Å². The third kappa shape index (κ3) is 4.81. The summed E-state index contributed by atoms with van der Waals surface area (Å²) in [5.41, 5.74) is 1.33. The molecule has 162 valence electrons. The van der Waals surface area contributed by atoms with E-state index in [-0.39, 0.29) is 10.6 Å². The first-order valence-electron chi connectivity index (χ1n) is 9.97. The SMILES string of the molecule is C[C@H]1CCCN(S(=O)(=O)c2ccc(NC(=O)c3cc(-c4ccc(Cl)cc4)on3)cc2)C1. The maximum Gasteiger partial charge on any atom is 0.277 e. The van der Waals surface area contributed by atoms with Crippen molar-refractivity contribution in [3.05, 3.63) is 65.3 Å². The van der Waals surface area contributed by atoms with Gasteiger partial charge in [0.1, 0.15) is 0 Å². The molecule has 4 rings (SSSR count). The van der Waals surface area contributed by atoms with Crippen molar-refractivity contribution in [1.29, 1.82) is 0 Å². The summed E-state index contributed by atoms with van der Waals surface area (Å²) < 4.78 is 32.5. The van der Waals surface area contributed by atoms with E-state index in [4.69, 9.17) is 16.1 Å². The van der Waals surface area contributed by atoms with Gasteiger partial charge in [-0.3, -0.25) is 4.79 Å². The Labute approximate surface area is 186 Å². The Hall–Kier alpha value is -2.68. The quantitative estimate of drug-likeness (QED) is 0.598. The van der Waals surface area contributed by atoms with Crippen LogP contribution >= 0.6 is 11.6 Å². The predicted molar refractivity (Wildman–Crippen MR) is 119 cm³/mol. The Morgan fingerprint density at radius 2 is 1.87 bits per heavy atom. The Bertz CT molecular complexity index is 1170. The zero-order valence-electron chi connectivity index (χ0n) is 16.9. The number of halogens is 1. The maximum absolute atomic E-state index is 12.9. The summed E-state index contributed by atoms with van der Waals surface area (Å²) in [4.78, 5) is 12.7. The van der Waals surface area contributed by atoms with Gasteiger partial charge >= 0.3 is 0 Å². The number of anilines is 1. The van der Waals surface area contributed by atoms with Gasteiger partial charge in [-0.1, -0.05) is 23.7 Å². The lowest BCUT2D eigenvalue weighted by Crippen LogP contribution is -2.39. The number of piperidine rings is 1. The van der Waals surface area contributed by atoms with Crippen LogP contribution < -0.4 is 5.32 Å². The summed E-state index contributed by atoms with van der Waals surface area (Å²) in [6.45, 7) is 3.12. The van der Waals surface area contributed by atoms with E-state index in [1.807, 2.05) is 0 Å². The predicted octanol–water partition coefficient (Wildman–Crippen LogP) is 4.67. The van der Waals surface area contributed by atoms with Crippen LogP contribution in [0.15, 0.2) is 64.0 Å². The lowest BCUT2D eigenvalue weighted by atomic mass is 10.0. The molecule has 1 aliphatic rings. The van der Waals surface area contributed by atoms with Crippen molar-refractivity contribution in [1.82, 2.24) is 9.46 Å². The Kier molecular flexibility index (Phi) is 6.13. The number of rotatable bonds is 5. The van der Waals surface area contributed by atoms with Crippen LogP contribution in [0.25, 0.3) is 11.3 Å². The number of amides is 1. The first-order valence-corrected chi connectivity index (χ1v) is 11.8. The van der Waals surface area contributed by atoms with E-state index in [0.717, 1.165) is 18.4 Å². The van der Waals surface area contributed by atoms with Crippen LogP contribution in [0.4, 0.5) is 5.69 Å². The summed E-state index contributed by atoms with van der Waals surface area (Å²) in [6, 6.07) is 14.7. The minimum Gasteiger partial charge on any atom is -0.355 e. The zero-order chi connectivity index (χ0) is 22.0. The molecule has 7 nitrogen and oxygen atoms in total. The van der Waals surface area contributed by atoms with Crippen molar-refractivity contribution >= 4 is 33.2 Å². The first-order chi connectivity index (χ1) is 14.8. The number of carbonyl (C=O) groups is 1. The fourth-order valence-corrected chi connectivity index (χ4v) is 5.28. The highest BCUT2D eigenvalue weighted by atomic mass is 35.5. The smallest absolute Gasteiger partial charge is 0.277 e. The van der Waals surface area contributed by atoms with Crippen LogP contribution in [-0.4, -0.2) is 36.9 Å². The molecule has 1 atom stereocenters. The average Bonchev–Trinajstić information content (AvgIpc) is 3.25. The van der Waals surface area contributed by atoms with Gasteiger partial charge in [-0.05, 0) is 67.3 Å². The van der Waals surface area contributed by atoms with Crippen molar-refractivity contribution in [3.8, 4) is 11.3 Å². The molecule has 1 saturated heterocycles. The van der Waals surface area contributed by atoms with Crippen molar-refractivity contribution in [2.45, 2.75) is 24.7 Å². The van der Waals surface area contributed by atoms with E-state index >= 15 is 0 Å². The summed E-state index contributed by atoms with van der Waals surface area (Å²) in [7, 11) is -3.54. The van der Waals surface area contributed by atoms with Crippen molar-refractivity contribution in [3.63, 3.8) is 0 Å². The summed E-state index contributed by atoms with van der Waals surface area (Å²) in [5.74, 6) is 0.339. The molecule has 0 unspecified atom stereocenters. The molecule has 0 saturated carbocycles. The van der Waals surface area contributed by atoms with E-state index in [2.05, 4.69) is 17.4 Å². The number of sulfonamides is 1. The number of nitrogens with one attached hydrogen (secondary N) is 1. The molecule has 1 N–H and O–H groups in total. The van der Waals surface area contributed by atoms with E-state index in [1.54, 1.807) is 36.4 Å².